The Hall–Kier alpha value is -3.58. The fourth-order valence-corrected chi connectivity index (χ4v) is 4.50. The summed E-state index contributed by atoms with van der Waals surface area (Å²) < 4.78 is 29.9. The first-order valence-electron chi connectivity index (χ1n) is 12.5. The number of hydrogen-bond donors (Lipinski definition) is 4. The number of aromatic hydroxyl groups is 2. The third-order valence-corrected chi connectivity index (χ3v) is 6.57. The van der Waals surface area contributed by atoms with Gasteiger partial charge in [0, 0.05) is 29.4 Å². The van der Waals surface area contributed by atoms with Crippen LogP contribution in [0.5, 0.6) is 11.5 Å². The van der Waals surface area contributed by atoms with Gasteiger partial charge < -0.3 is 25.4 Å². The van der Waals surface area contributed by atoms with E-state index in [2.05, 4.69) is 23.8 Å². The molecule has 1 aromatic heterocycles. The fraction of sp³-hybridized carbons (Fsp3) is 0.333. The summed E-state index contributed by atoms with van der Waals surface area (Å²) in [6, 6.07) is 9.67. The highest BCUT2D eigenvalue weighted by Gasteiger charge is 2.24. The summed E-state index contributed by atoms with van der Waals surface area (Å²) >= 11 is 0. The molecule has 1 fully saturated rings. The van der Waals surface area contributed by atoms with Crippen molar-refractivity contribution in [2.24, 2.45) is 5.92 Å². The molecule has 0 spiro atoms. The average Bonchev–Trinajstić information content (AvgIpc) is 3.09. The van der Waals surface area contributed by atoms with Crippen LogP contribution in [0.15, 0.2) is 48.7 Å². The lowest BCUT2D eigenvalue weighted by Gasteiger charge is -2.24. The molecular formula is C30H37F2N3O2. The predicted octanol–water partition coefficient (Wildman–Crippen LogP) is 4.67. The van der Waals surface area contributed by atoms with Gasteiger partial charge in [-0.2, -0.15) is 0 Å². The lowest BCUT2D eigenvalue weighted by atomic mass is 9.99. The van der Waals surface area contributed by atoms with Crippen LogP contribution in [-0.2, 0) is 13.1 Å². The number of aromatic nitrogens is 1. The van der Waals surface area contributed by atoms with Crippen molar-refractivity contribution in [1.82, 2.24) is 15.2 Å². The van der Waals surface area contributed by atoms with E-state index in [1.165, 1.54) is 18.2 Å². The van der Waals surface area contributed by atoms with E-state index in [4.69, 9.17) is 0 Å². The summed E-state index contributed by atoms with van der Waals surface area (Å²) in [7, 11) is 0. The molecule has 4 N–H and O–H groups in total. The summed E-state index contributed by atoms with van der Waals surface area (Å²) in [6.45, 7) is 16.2. The van der Waals surface area contributed by atoms with Gasteiger partial charge in [-0.1, -0.05) is 37.4 Å². The molecule has 198 valence electrons. The smallest absolute Gasteiger partial charge is 0.156 e. The first kappa shape index (κ1) is 28.0. The van der Waals surface area contributed by atoms with Crippen LogP contribution in [0.3, 0.4) is 0 Å². The molecule has 0 unspecified atom stereocenters. The summed E-state index contributed by atoms with van der Waals surface area (Å²) in [5.74, 6) is -0.527. The van der Waals surface area contributed by atoms with Crippen LogP contribution in [0.2, 0.25) is 0 Å². The van der Waals surface area contributed by atoms with Gasteiger partial charge in [0.2, 0.25) is 0 Å². The van der Waals surface area contributed by atoms with E-state index in [9.17, 15) is 14.6 Å². The molecule has 2 aromatic carbocycles. The van der Waals surface area contributed by atoms with Gasteiger partial charge in [0.25, 0.3) is 0 Å². The van der Waals surface area contributed by atoms with E-state index < -0.39 is 5.82 Å². The van der Waals surface area contributed by atoms with Crippen molar-refractivity contribution in [3.63, 3.8) is 0 Å². The molecule has 0 bridgehead atoms. The van der Waals surface area contributed by atoms with Crippen LogP contribution in [0.4, 0.5) is 8.78 Å². The normalized spacial score (nSPS) is 15.7. The van der Waals surface area contributed by atoms with Crippen LogP contribution in [-0.4, -0.2) is 27.9 Å². The van der Waals surface area contributed by atoms with Gasteiger partial charge in [-0.3, -0.25) is 0 Å². The lowest BCUT2D eigenvalue weighted by Crippen LogP contribution is -2.36. The van der Waals surface area contributed by atoms with E-state index in [-0.39, 0.29) is 28.6 Å². The number of benzene rings is 2. The number of aryl methyl sites for hydroxylation is 1. The standard InChI is InChI=1S/C19H23FN2O2.C11H14FN/c1-3-14-12(2)22(11-13-6-5-9-21-10-13)19(18(14)20)17-15(23)7-4-8-16(17)24;1-8(2)13-7-10-5-4-9(3)11(12)6-10/h3-4,7-8,13,21,23-24H,2,5-6,9-11H2,1H3;4-6,13H,1,7H2,2-3H3/b14-3+;/t13-;/m1./s1. The zero-order valence-electron chi connectivity index (χ0n) is 21.9. The van der Waals surface area contributed by atoms with Gasteiger partial charge in [-0.15, -0.1) is 0 Å². The minimum absolute atomic E-state index is 0.122. The van der Waals surface area contributed by atoms with Crippen LogP contribution in [0, 0.1) is 24.5 Å². The van der Waals surface area contributed by atoms with Crippen molar-refractivity contribution in [1.29, 1.82) is 0 Å². The molecule has 0 radical (unpaired) electrons. The highest BCUT2D eigenvalue weighted by molar-refractivity contribution is 5.75. The number of piperidine rings is 1. The maximum absolute atomic E-state index is 15.0. The Morgan fingerprint density at radius 1 is 1.22 bits per heavy atom. The Labute approximate surface area is 217 Å². The lowest BCUT2D eigenvalue weighted by molar-refractivity contribution is 0.335. The Morgan fingerprint density at radius 3 is 2.49 bits per heavy atom. The average molecular weight is 510 g/mol. The highest BCUT2D eigenvalue weighted by Crippen LogP contribution is 2.37. The number of allylic oxidation sites excluding steroid dienone is 1. The first-order valence-corrected chi connectivity index (χ1v) is 12.5. The van der Waals surface area contributed by atoms with Crippen LogP contribution >= 0.6 is 0 Å². The van der Waals surface area contributed by atoms with E-state index in [0.29, 0.717) is 35.1 Å². The van der Waals surface area contributed by atoms with Crippen molar-refractivity contribution in [2.75, 3.05) is 13.1 Å². The van der Waals surface area contributed by atoms with Crippen molar-refractivity contribution in [3.05, 3.63) is 82.0 Å². The fourth-order valence-electron chi connectivity index (χ4n) is 4.50. The van der Waals surface area contributed by atoms with Crippen LogP contribution in [0.1, 0.15) is 37.8 Å². The molecule has 4 rings (SSSR count). The third-order valence-electron chi connectivity index (χ3n) is 6.57. The van der Waals surface area contributed by atoms with Gasteiger partial charge in [0.1, 0.15) is 17.3 Å². The minimum atomic E-state index is -0.455. The quantitative estimate of drug-likeness (QED) is 0.390. The maximum Gasteiger partial charge on any atom is 0.156 e. The van der Waals surface area contributed by atoms with Gasteiger partial charge in [0.15, 0.2) is 5.82 Å². The van der Waals surface area contributed by atoms with Gasteiger partial charge in [0.05, 0.1) is 11.3 Å². The van der Waals surface area contributed by atoms with Crippen molar-refractivity contribution >= 4 is 12.7 Å². The second kappa shape index (κ2) is 12.6. The number of nitrogens with zero attached hydrogens (tertiary/aromatic N) is 1. The number of hydrogen-bond acceptors (Lipinski definition) is 4. The third kappa shape index (κ3) is 6.80. The monoisotopic (exact) mass is 509 g/mol. The summed E-state index contributed by atoms with van der Waals surface area (Å²) in [4.78, 5) is 0. The maximum atomic E-state index is 15.0. The highest BCUT2D eigenvalue weighted by atomic mass is 19.1. The van der Waals surface area contributed by atoms with E-state index >= 15 is 4.39 Å². The number of rotatable bonds is 6. The topological polar surface area (TPSA) is 69.4 Å². The van der Waals surface area contributed by atoms with E-state index in [0.717, 1.165) is 37.2 Å². The van der Waals surface area contributed by atoms with Crippen molar-refractivity contribution < 1.29 is 19.0 Å². The van der Waals surface area contributed by atoms with Gasteiger partial charge in [-0.05, 0) is 81.9 Å². The van der Waals surface area contributed by atoms with Crippen molar-refractivity contribution in [2.45, 2.75) is 46.7 Å². The molecule has 3 aromatic rings. The first-order chi connectivity index (χ1) is 17.6. The second-order valence-electron chi connectivity index (χ2n) is 9.52. The van der Waals surface area contributed by atoms with Crippen LogP contribution in [0.25, 0.3) is 23.9 Å². The molecule has 1 aliphatic rings. The van der Waals surface area contributed by atoms with Gasteiger partial charge in [-0.25, -0.2) is 8.78 Å². The number of nitrogens with one attached hydrogen (secondary N) is 2. The largest absolute Gasteiger partial charge is 0.507 e. The molecule has 2 heterocycles. The summed E-state index contributed by atoms with van der Waals surface area (Å²) in [6.07, 6.45) is 3.82. The van der Waals surface area contributed by atoms with Crippen LogP contribution < -0.4 is 21.2 Å². The Kier molecular flexibility index (Phi) is 9.53. The number of halogens is 2. The molecular weight excluding hydrogens is 472 g/mol. The number of phenolic OH excluding ortho intramolecular Hbond substituents is 2. The molecule has 0 amide bonds. The van der Waals surface area contributed by atoms with E-state index in [1.54, 1.807) is 36.6 Å². The minimum Gasteiger partial charge on any atom is -0.507 e. The molecule has 37 heavy (non-hydrogen) atoms. The van der Waals surface area contributed by atoms with Crippen molar-refractivity contribution in [3.8, 4) is 22.8 Å². The molecule has 7 heteroatoms. The summed E-state index contributed by atoms with van der Waals surface area (Å²) in [5.41, 5.74) is 2.83. The Bertz CT molecular complexity index is 1340. The predicted molar refractivity (Wildman–Crippen MR) is 146 cm³/mol. The zero-order valence-corrected chi connectivity index (χ0v) is 21.9. The molecule has 1 aliphatic heterocycles. The summed E-state index contributed by atoms with van der Waals surface area (Å²) in [5, 5.41) is 27.8. The molecule has 1 saturated heterocycles. The Balaban J connectivity index is 0.000000248. The van der Waals surface area contributed by atoms with Gasteiger partial charge >= 0.3 is 0 Å². The molecule has 1 atom stereocenters. The SMILES string of the molecule is C=C(C)NCc1ccc(C)c(F)c1.C=c1/c(=C\C)c(F)c(-c2c(O)cccc2O)n1C[C@@H]1CCCNC1. The molecule has 5 nitrogen and oxygen atoms in total. The number of phenols is 2. The second-order valence-corrected chi connectivity index (χ2v) is 9.52. The zero-order chi connectivity index (χ0) is 27.1. The molecule has 0 saturated carbocycles. The molecule has 0 aliphatic carbocycles. The Morgan fingerprint density at radius 2 is 1.92 bits per heavy atom. The van der Waals surface area contributed by atoms with E-state index in [1.807, 2.05) is 13.0 Å².